The Hall–Kier alpha value is -2.42. The molecule has 2 heterocycles. The first kappa shape index (κ1) is 17.4. The molecule has 0 aliphatic rings. The van der Waals surface area contributed by atoms with Crippen LogP contribution in [0.15, 0.2) is 41.7 Å². The van der Waals surface area contributed by atoms with Crippen LogP contribution in [-0.4, -0.2) is 25.9 Å². The van der Waals surface area contributed by atoms with Crippen molar-refractivity contribution in [3.63, 3.8) is 0 Å². The zero-order valence-corrected chi connectivity index (χ0v) is 14.2. The van der Waals surface area contributed by atoms with Gasteiger partial charge in [-0.2, -0.15) is 0 Å². The zero-order valence-electron chi connectivity index (χ0n) is 13.4. The lowest BCUT2D eigenvalue weighted by atomic mass is 10.2. The fourth-order valence-corrected chi connectivity index (χ4v) is 3.79. The smallest absolute Gasteiger partial charge is 0.491 e. The Morgan fingerprint density at radius 2 is 1.96 bits per heavy atom. The van der Waals surface area contributed by atoms with E-state index < -0.39 is 22.3 Å². The number of para-hydroxylation sites is 2. The molecule has 0 saturated carbocycles. The average Bonchev–Trinajstić information content (AvgIpc) is 2.96. The van der Waals surface area contributed by atoms with E-state index in [1.54, 1.807) is 19.1 Å². The molecule has 0 N–H and O–H groups in total. The van der Waals surface area contributed by atoms with E-state index in [1.165, 1.54) is 31.5 Å². The molecule has 1 unspecified atom stereocenters. The first-order valence-corrected chi connectivity index (χ1v) is 8.56. The third-order valence-electron chi connectivity index (χ3n) is 3.73. The van der Waals surface area contributed by atoms with Crippen molar-refractivity contribution in [2.75, 3.05) is 7.11 Å². The summed E-state index contributed by atoms with van der Waals surface area (Å²) in [6.07, 6.45) is -3.26. The number of pyridine rings is 1. The van der Waals surface area contributed by atoms with E-state index in [2.05, 4.69) is 9.97 Å². The molecule has 3 aromatic rings. The number of alkyl halides is 3. The van der Waals surface area contributed by atoms with Gasteiger partial charge in [0, 0.05) is 11.8 Å². The number of fused-ring (bicyclic) bond motifs is 1. The number of hydrogen-bond donors (Lipinski definition) is 0. The quantitative estimate of drug-likeness (QED) is 0.706. The molecule has 5 nitrogen and oxygen atoms in total. The molecule has 0 spiro atoms. The van der Waals surface area contributed by atoms with Gasteiger partial charge in [0.2, 0.25) is 5.16 Å². The first-order chi connectivity index (χ1) is 11.8. The van der Waals surface area contributed by atoms with Crippen LogP contribution in [0.5, 0.6) is 5.75 Å². The van der Waals surface area contributed by atoms with Gasteiger partial charge < -0.3 is 4.74 Å². The highest BCUT2D eigenvalue weighted by Crippen LogP contribution is 2.32. The summed E-state index contributed by atoms with van der Waals surface area (Å²) in [5, 5.41) is -0.544. The van der Waals surface area contributed by atoms with Gasteiger partial charge in [-0.3, -0.25) is 9.19 Å². The normalized spacial score (nSPS) is 13.2. The van der Waals surface area contributed by atoms with Gasteiger partial charge in [-0.05, 0) is 25.1 Å². The molecule has 25 heavy (non-hydrogen) atoms. The molecular formula is C16H14F3N3O2S. The summed E-state index contributed by atoms with van der Waals surface area (Å²) in [7, 11) is -0.553. The first-order valence-electron chi connectivity index (χ1n) is 7.24. The van der Waals surface area contributed by atoms with Crippen molar-refractivity contribution >= 4 is 21.8 Å². The zero-order chi connectivity index (χ0) is 18.2. The largest absolute Gasteiger partial charge is 0.496 e. The number of imidazole rings is 1. The van der Waals surface area contributed by atoms with Crippen LogP contribution in [0.1, 0.15) is 11.3 Å². The number of methoxy groups -OCH3 is 1. The average molecular weight is 369 g/mol. The van der Waals surface area contributed by atoms with E-state index in [-0.39, 0.29) is 21.4 Å². The van der Waals surface area contributed by atoms with Gasteiger partial charge >= 0.3 is 6.30 Å². The van der Waals surface area contributed by atoms with E-state index in [9.17, 15) is 17.4 Å². The number of aromatic nitrogens is 3. The van der Waals surface area contributed by atoms with Crippen LogP contribution >= 0.6 is 0 Å². The molecular weight excluding hydrogens is 355 g/mol. The highest BCUT2D eigenvalue weighted by Gasteiger charge is 2.37. The summed E-state index contributed by atoms with van der Waals surface area (Å²) < 4.78 is 58.3. The van der Waals surface area contributed by atoms with Crippen molar-refractivity contribution in [3.05, 3.63) is 47.8 Å². The maximum Gasteiger partial charge on any atom is 0.491 e. The molecule has 0 fully saturated rings. The third-order valence-corrected chi connectivity index (χ3v) is 4.95. The standard InChI is InChI=1S/C16H14F3N3O2S/c1-10-12(20-8-7-14(10)24-2)9-25(23)15-21-11-5-3-4-6-13(11)22(15)16(17,18)19/h3-8H,9H2,1-2H3. The second kappa shape index (κ2) is 6.47. The molecule has 0 aliphatic heterocycles. The predicted molar refractivity (Wildman–Crippen MR) is 86.7 cm³/mol. The summed E-state index contributed by atoms with van der Waals surface area (Å²) >= 11 is 0. The fraction of sp³-hybridized carbons (Fsp3) is 0.250. The van der Waals surface area contributed by atoms with E-state index in [1.807, 2.05) is 0 Å². The van der Waals surface area contributed by atoms with Crippen LogP contribution in [0.25, 0.3) is 11.0 Å². The van der Waals surface area contributed by atoms with E-state index >= 15 is 0 Å². The van der Waals surface area contributed by atoms with Crippen LogP contribution < -0.4 is 4.74 Å². The van der Waals surface area contributed by atoms with E-state index in [4.69, 9.17) is 4.74 Å². The fourth-order valence-electron chi connectivity index (χ4n) is 2.52. The second-order valence-electron chi connectivity index (χ2n) is 5.26. The Kier molecular flexibility index (Phi) is 4.51. The van der Waals surface area contributed by atoms with Crippen molar-refractivity contribution in [1.29, 1.82) is 0 Å². The van der Waals surface area contributed by atoms with Gasteiger partial charge in [-0.15, -0.1) is 13.2 Å². The van der Waals surface area contributed by atoms with E-state index in [0.29, 0.717) is 17.0 Å². The molecule has 2 aromatic heterocycles. The van der Waals surface area contributed by atoms with Gasteiger partial charge in [0.25, 0.3) is 0 Å². The Balaban J connectivity index is 2.06. The van der Waals surface area contributed by atoms with Crippen molar-refractivity contribution in [3.8, 4) is 5.75 Å². The van der Waals surface area contributed by atoms with Gasteiger partial charge in [0.1, 0.15) is 5.75 Å². The Bertz CT molecular complexity index is 953. The SMILES string of the molecule is COc1ccnc(CS(=O)c2nc3ccccc3n2C(F)(F)F)c1C. The molecule has 0 aliphatic carbocycles. The number of benzene rings is 1. The topological polar surface area (TPSA) is 57.0 Å². The van der Waals surface area contributed by atoms with E-state index in [0.717, 1.165) is 0 Å². The number of halogens is 3. The van der Waals surface area contributed by atoms with Crippen molar-refractivity contribution in [1.82, 2.24) is 14.5 Å². The van der Waals surface area contributed by atoms with Gasteiger partial charge in [0.05, 0.1) is 40.4 Å². The molecule has 132 valence electrons. The lowest BCUT2D eigenvalue weighted by molar-refractivity contribution is -0.206. The minimum atomic E-state index is -4.72. The molecule has 1 atom stereocenters. The van der Waals surface area contributed by atoms with Crippen LogP contribution in [0.3, 0.4) is 0 Å². The predicted octanol–water partition coefficient (Wildman–Crippen LogP) is 3.53. The highest BCUT2D eigenvalue weighted by atomic mass is 32.2. The maximum atomic E-state index is 13.5. The summed E-state index contributed by atoms with van der Waals surface area (Å²) in [5.74, 6) is 0.342. The van der Waals surface area contributed by atoms with Crippen molar-refractivity contribution in [2.45, 2.75) is 24.1 Å². The summed E-state index contributed by atoms with van der Waals surface area (Å²) in [4.78, 5) is 8.04. The van der Waals surface area contributed by atoms with Gasteiger partial charge in [0.15, 0.2) is 0 Å². The number of nitrogens with zero attached hydrogens (tertiary/aromatic N) is 3. The minimum absolute atomic E-state index is 0.0634. The van der Waals surface area contributed by atoms with Crippen LogP contribution in [0.4, 0.5) is 13.2 Å². The number of ether oxygens (including phenoxy) is 1. The molecule has 0 radical (unpaired) electrons. The molecule has 9 heteroatoms. The van der Waals surface area contributed by atoms with Gasteiger partial charge in [-0.25, -0.2) is 9.55 Å². The molecule has 0 amide bonds. The summed E-state index contributed by atoms with van der Waals surface area (Å²) in [6, 6.07) is 7.44. The highest BCUT2D eigenvalue weighted by molar-refractivity contribution is 7.84. The molecule has 3 rings (SSSR count). The number of rotatable bonds is 4. The monoisotopic (exact) mass is 369 g/mol. The second-order valence-corrected chi connectivity index (χ2v) is 6.61. The lowest BCUT2D eigenvalue weighted by Crippen LogP contribution is -2.20. The minimum Gasteiger partial charge on any atom is -0.496 e. The van der Waals surface area contributed by atoms with Crippen molar-refractivity contribution in [2.24, 2.45) is 0 Å². The molecule has 1 aromatic carbocycles. The number of hydrogen-bond acceptors (Lipinski definition) is 4. The maximum absolute atomic E-state index is 13.5. The third kappa shape index (κ3) is 3.23. The summed E-state index contributed by atoms with van der Waals surface area (Å²) in [6.45, 7) is 1.71. The Morgan fingerprint density at radius 1 is 1.24 bits per heavy atom. The van der Waals surface area contributed by atoms with Crippen LogP contribution in [-0.2, 0) is 22.9 Å². The summed E-state index contributed by atoms with van der Waals surface area (Å²) in [5.41, 5.74) is 1.04. The van der Waals surface area contributed by atoms with Crippen molar-refractivity contribution < 1.29 is 22.1 Å². The van der Waals surface area contributed by atoms with Crippen LogP contribution in [0.2, 0.25) is 0 Å². The van der Waals surface area contributed by atoms with Crippen LogP contribution in [0, 0.1) is 6.92 Å². The van der Waals surface area contributed by atoms with Gasteiger partial charge in [-0.1, -0.05) is 12.1 Å². The Morgan fingerprint density at radius 3 is 2.64 bits per heavy atom. The Labute approximate surface area is 143 Å². The molecule has 0 bridgehead atoms. The lowest BCUT2D eigenvalue weighted by Gasteiger charge is -2.13. The molecule has 0 saturated heterocycles.